The number of sulfonamides is 1. The van der Waals surface area contributed by atoms with E-state index in [0.717, 1.165) is 22.6 Å². The van der Waals surface area contributed by atoms with Crippen LogP contribution in [0.25, 0.3) is 0 Å². The van der Waals surface area contributed by atoms with Crippen molar-refractivity contribution in [1.29, 1.82) is 0 Å². The lowest BCUT2D eigenvalue weighted by Gasteiger charge is -2.07. The standard InChI is InChI=1S/C15H15NO3S2/c17-14-3-1-2-4-15(14)20-12-7-9-13(10-8-12)21(18,19)16-11-5-6-11/h1-4,7-11,16-17H,5-6H2. The summed E-state index contributed by atoms with van der Waals surface area (Å²) < 4.78 is 26.7. The molecule has 3 rings (SSSR count). The van der Waals surface area contributed by atoms with Crippen LogP contribution in [0.5, 0.6) is 5.75 Å². The zero-order valence-electron chi connectivity index (χ0n) is 11.2. The predicted molar refractivity (Wildman–Crippen MR) is 82.0 cm³/mol. The fourth-order valence-electron chi connectivity index (χ4n) is 1.85. The molecule has 0 aromatic heterocycles. The van der Waals surface area contributed by atoms with Crippen LogP contribution in [0.1, 0.15) is 12.8 Å². The van der Waals surface area contributed by atoms with E-state index in [4.69, 9.17) is 0 Å². The van der Waals surface area contributed by atoms with Crippen LogP contribution in [0.2, 0.25) is 0 Å². The Morgan fingerprint density at radius 3 is 2.33 bits per heavy atom. The Balaban J connectivity index is 1.76. The summed E-state index contributed by atoms with van der Waals surface area (Å²) >= 11 is 1.39. The van der Waals surface area contributed by atoms with Crippen LogP contribution in [-0.4, -0.2) is 19.6 Å². The van der Waals surface area contributed by atoms with Gasteiger partial charge in [0.15, 0.2) is 0 Å². The molecule has 0 radical (unpaired) electrons. The maximum Gasteiger partial charge on any atom is 0.240 e. The topological polar surface area (TPSA) is 66.4 Å². The summed E-state index contributed by atoms with van der Waals surface area (Å²) in [5.74, 6) is 0.217. The first-order chi connectivity index (χ1) is 10.0. The fraction of sp³-hybridized carbons (Fsp3) is 0.200. The van der Waals surface area contributed by atoms with Gasteiger partial charge in [0.2, 0.25) is 10.0 Å². The van der Waals surface area contributed by atoms with E-state index in [2.05, 4.69) is 4.72 Å². The van der Waals surface area contributed by atoms with Crippen LogP contribution in [0.15, 0.2) is 63.2 Å². The maximum atomic E-state index is 12.0. The molecule has 4 nitrogen and oxygen atoms in total. The Hall–Kier alpha value is -1.50. The van der Waals surface area contributed by atoms with Gasteiger partial charge in [0, 0.05) is 10.9 Å². The molecule has 110 valence electrons. The summed E-state index contributed by atoms with van der Waals surface area (Å²) in [4.78, 5) is 1.89. The minimum atomic E-state index is -3.40. The SMILES string of the molecule is O=S(=O)(NC1CC1)c1ccc(Sc2ccccc2O)cc1. The van der Waals surface area contributed by atoms with Crippen LogP contribution in [0.4, 0.5) is 0 Å². The Morgan fingerprint density at radius 1 is 1.05 bits per heavy atom. The largest absolute Gasteiger partial charge is 0.507 e. The second-order valence-corrected chi connectivity index (χ2v) is 7.77. The summed E-state index contributed by atoms with van der Waals surface area (Å²) in [6.07, 6.45) is 1.83. The van der Waals surface area contributed by atoms with Gasteiger partial charge in [-0.3, -0.25) is 0 Å². The molecule has 2 N–H and O–H groups in total. The third-order valence-corrected chi connectivity index (χ3v) is 5.74. The number of nitrogens with one attached hydrogen (secondary N) is 1. The highest BCUT2D eigenvalue weighted by molar-refractivity contribution is 7.99. The lowest BCUT2D eigenvalue weighted by Crippen LogP contribution is -2.25. The van der Waals surface area contributed by atoms with E-state index in [1.54, 1.807) is 36.4 Å². The molecule has 0 amide bonds. The lowest BCUT2D eigenvalue weighted by atomic mass is 10.3. The van der Waals surface area contributed by atoms with E-state index >= 15 is 0 Å². The normalized spacial score (nSPS) is 15.0. The predicted octanol–water partition coefficient (Wildman–Crippen LogP) is 2.98. The van der Waals surface area contributed by atoms with Gasteiger partial charge in [-0.1, -0.05) is 23.9 Å². The molecule has 1 saturated carbocycles. The van der Waals surface area contributed by atoms with E-state index in [9.17, 15) is 13.5 Å². The van der Waals surface area contributed by atoms with Gasteiger partial charge < -0.3 is 5.11 Å². The molecule has 2 aromatic rings. The van der Waals surface area contributed by atoms with Crippen molar-refractivity contribution in [3.63, 3.8) is 0 Å². The van der Waals surface area contributed by atoms with Crippen molar-refractivity contribution in [2.75, 3.05) is 0 Å². The van der Waals surface area contributed by atoms with Gasteiger partial charge in [-0.25, -0.2) is 13.1 Å². The zero-order chi connectivity index (χ0) is 14.9. The number of phenols is 1. The van der Waals surface area contributed by atoms with Crippen LogP contribution < -0.4 is 4.72 Å². The second-order valence-electron chi connectivity index (χ2n) is 4.94. The number of rotatable bonds is 5. The number of benzene rings is 2. The van der Waals surface area contributed by atoms with Gasteiger partial charge in [0.25, 0.3) is 0 Å². The number of aromatic hydroxyl groups is 1. The zero-order valence-corrected chi connectivity index (χ0v) is 12.8. The first kappa shape index (κ1) is 14.4. The van der Waals surface area contributed by atoms with Crippen molar-refractivity contribution in [2.45, 2.75) is 33.6 Å². The number of hydrogen-bond acceptors (Lipinski definition) is 4. The van der Waals surface area contributed by atoms with Crippen LogP contribution >= 0.6 is 11.8 Å². The molecule has 0 atom stereocenters. The Labute approximate surface area is 128 Å². The van der Waals surface area contributed by atoms with Crippen molar-refractivity contribution in [1.82, 2.24) is 4.72 Å². The molecule has 0 unspecified atom stereocenters. The highest BCUT2D eigenvalue weighted by atomic mass is 32.2. The quantitative estimate of drug-likeness (QED) is 0.888. The molecule has 1 fully saturated rings. The van der Waals surface area contributed by atoms with Gasteiger partial charge in [0.05, 0.1) is 9.79 Å². The average Bonchev–Trinajstić information content (AvgIpc) is 3.25. The summed E-state index contributed by atoms with van der Waals surface area (Å²) in [7, 11) is -3.40. The van der Waals surface area contributed by atoms with E-state index in [0.29, 0.717) is 0 Å². The fourth-order valence-corrected chi connectivity index (χ4v) is 4.00. The minimum Gasteiger partial charge on any atom is -0.507 e. The first-order valence-electron chi connectivity index (χ1n) is 6.63. The van der Waals surface area contributed by atoms with E-state index in [-0.39, 0.29) is 16.7 Å². The van der Waals surface area contributed by atoms with Gasteiger partial charge in [0.1, 0.15) is 5.75 Å². The second kappa shape index (κ2) is 5.71. The molecule has 1 aliphatic carbocycles. The van der Waals surface area contributed by atoms with Gasteiger partial charge in [-0.05, 0) is 49.2 Å². The number of phenolic OH excluding ortho intramolecular Hbond substituents is 1. The Bertz CT molecular complexity index is 738. The molecule has 0 saturated heterocycles. The number of para-hydroxylation sites is 1. The summed E-state index contributed by atoms with van der Waals surface area (Å²) in [5, 5.41) is 9.74. The average molecular weight is 321 g/mol. The third kappa shape index (κ3) is 3.58. The molecule has 21 heavy (non-hydrogen) atoms. The van der Waals surface area contributed by atoms with Crippen molar-refractivity contribution >= 4 is 21.8 Å². The third-order valence-electron chi connectivity index (χ3n) is 3.13. The van der Waals surface area contributed by atoms with Crippen molar-refractivity contribution < 1.29 is 13.5 Å². The summed E-state index contributed by atoms with van der Waals surface area (Å²) in [6.45, 7) is 0. The number of hydrogen-bond donors (Lipinski definition) is 2. The molecule has 0 aliphatic heterocycles. The molecule has 0 heterocycles. The van der Waals surface area contributed by atoms with Gasteiger partial charge >= 0.3 is 0 Å². The minimum absolute atomic E-state index is 0.102. The van der Waals surface area contributed by atoms with Crippen LogP contribution in [0, 0.1) is 0 Å². The molecule has 0 bridgehead atoms. The molecule has 6 heteroatoms. The van der Waals surface area contributed by atoms with E-state index < -0.39 is 10.0 Å². The van der Waals surface area contributed by atoms with Crippen molar-refractivity contribution in [2.24, 2.45) is 0 Å². The molecular formula is C15H15NO3S2. The van der Waals surface area contributed by atoms with E-state index in [1.165, 1.54) is 11.8 Å². The maximum absolute atomic E-state index is 12.0. The summed E-state index contributed by atoms with van der Waals surface area (Å²) in [5.41, 5.74) is 0. The molecule has 1 aliphatic rings. The monoisotopic (exact) mass is 321 g/mol. The molecular weight excluding hydrogens is 306 g/mol. The highest BCUT2D eigenvalue weighted by Crippen LogP contribution is 2.34. The van der Waals surface area contributed by atoms with Crippen molar-refractivity contribution in [3.8, 4) is 5.75 Å². The molecule has 2 aromatic carbocycles. The van der Waals surface area contributed by atoms with Gasteiger partial charge in [-0.2, -0.15) is 0 Å². The van der Waals surface area contributed by atoms with Crippen LogP contribution in [-0.2, 0) is 10.0 Å². The lowest BCUT2D eigenvalue weighted by molar-refractivity contribution is 0.462. The van der Waals surface area contributed by atoms with Gasteiger partial charge in [-0.15, -0.1) is 0 Å². The summed E-state index contributed by atoms with van der Waals surface area (Å²) in [6, 6.07) is 13.8. The molecule has 0 spiro atoms. The first-order valence-corrected chi connectivity index (χ1v) is 8.93. The van der Waals surface area contributed by atoms with E-state index in [1.807, 2.05) is 12.1 Å². The van der Waals surface area contributed by atoms with Crippen molar-refractivity contribution in [3.05, 3.63) is 48.5 Å². The van der Waals surface area contributed by atoms with Crippen LogP contribution in [0.3, 0.4) is 0 Å². The highest BCUT2D eigenvalue weighted by Gasteiger charge is 2.27. The Morgan fingerprint density at radius 2 is 1.71 bits per heavy atom. The Kier molecular flexibility index (Phi) is 3.93. The smallest absolute Gasteiger partial charge is 0.240 e.